The van der Waals surface area contributed by atoms with E-state index in [4.69, 9.17) is 9.47 Å². The molecule has 1 aliphatic rings. The maximum Gasteiger partial charge on any atom is 0.416 e. The summed E-state index contributed by atoms with van der Waals surface area (Å²) in [4.78, 5) is 28.1. The van der Waals surface area contributed by atoms with Crippen LogP contribution in [-0.2, 0) is 15.7 Å². The largest absolute Gasteiger partial charge is 0.497 e. The second-order valence-electron chi connectivity index (χ2n) is 9.05. The van der Waals surface area contributed by atoms with Crippen LogP contribution in [0, 0.1) is 5.82 Å². The van der Waals surface area contributed by atoms with Gasteiger partial charge in [0.2, 0.25) is 0 Å². The molecule has 0 saturated carbocycles. The van der Waals surface area contributed by atoms with Gasteiger partial charge in [0, 0.05) is 31.2 Å². The molecule has 2 amide bonds. The standard InChI is InChI=1S/C29H27F4N3O4/c1-39-16-15-35(28(38)20-7-11-21(12-8-20)29(31,32)33)18-27(37)36-26(19-9-13-22(40-2)14-10-19)17-25(34-36)23-5-3-4-6-24(23)30/h3-14,26H,15-18H2,1-2H3/t26-/m0/s1. The van der Waals surface area contributed by atoms with E-state index in [1.807, 2.05) is 0 Å². The molecule has 0 spiro atoms. The van der Waals surface area contributed by atoms with Gasteiger partial charge in [0.1, 0.15) is 18.1 Å². The number of halogens is 4. The van der Waals surface area contributed by atoms with E-state index in [9.17, 15) is 27.2 Å². The lowest BCUT2D eigenvalue weighted by Gasteiger charge is -2.27. The Morgan fingerprint density at radius 2 is 1.68 bits per heavy atom. The number of hydrazone groups is 1. The average molecular weight is 558 g/mol. The second kappa shape index (κ2) is 12.3. The highest BCUT2D eigenvalue weighted by atomic mass is 19.4. The van der Waals surface area contributed by atoms with E-state index in [-0.39, 0.29) is 30.7 Å². The first-order chi connectivity index (χ1) is 19.1. The van der Waals surface area contributed by atoms with Crippen LogP contribution in [0.25, 0.3) is 0 Å². The summed E-state index contributed by atoms with van der Waals surface area (Å²) in [5, 5.41) is 5.68. The van der Waals surface area contributed by atoms with Crippen molar-refractivity contribution < 1.29 is 36.6 Å². The van der Waals surface area contributed by atoms with Crippen LogP contribution in [0.3, 0.4) is 0 Å². The predicted molar refractivity (Wildman–Crippen MR) is 139 cm³/mol. The molecule has 1 heterocycles. The minimum atomic E-state index is -4.55. The number of carbonyl (C=O) groups is 2. The van der Waals surface area contributed by atoms with Crippen LogP contribution in [0.1, 0.15) is 39.5 Å². The number of ether oxygens (including phenoxy) is 2. The summed E-state index contributed by atoms with van der Waals surface area (Å²) >= 11 is 0. The quantitative estimate of drug-likeness (QED) is 0.334. The summed E-state index contributed by atoms with van der Waals surface area (Å²) in [6.07, 6.45) is -4.32. The molecular weight excluding hydrogens is 530 g/mol. The molecule has 40 heavy (non-hydrogen) atoms. The van der Waals surface area contributed by atoms with Gasteiger partial charge in [0.05, 0.1) is 31.0 Å². The lowest BCUT2D eigenvalue weighted by Crippen LogP contribution is -2.42. The molecule has 3 aromatic carbocycles. The Labute approximate surface area is 228 Å². The molecule has 0 unspecified atom stereocenters. The van der Waals surface area contributed by atoms with Gasteiger partial charge in [0.25, 0.3) is 11.8 Å². The number of methoxy groups -OCH3 is 2. The number of rotatable bonds is 9. The van der Waals surface area contributed by atoms with Crippen molar-refractivity contribution in [3.05, 3.63) is 101 Å². The number of benzene rings is 3. The molecule has 11 heteroatoms. The van der Waals surface area contributed by atoms with Gasteiger partial charge in [-0.2, -0.15) is 18.3 Å². The van der Waals surface area contributed by atoms with Gasteiger partial charge in [-0.3, -0.25) is 9.59 Å². The Morgan fingerprint density at radius 1 is 1.00 bits per heavy atom. The van der Waals surface area contributed by atoms with E-state index in [2.05, 4.69) is 5.10 Å². The molecule has 7 nitrogen and oxygen atoms in total. The van der Waals surface area contributed by atoms with Gasteiger partial charge in [0.15, 0.2) is 0 Å². The highest BCUT2D eigenvalue weighted by molar-refractivity contribution is 6.04. The van der Waals surface area contributed by atoms with Crippen LogP contribution in [0.15, 0.2) is 77.9 Å². The van der Waals surface area contributed by atoms with Gasteiger partial charge in [-0.1, -0.05) is 30.3 Å². The van der Waals surface area contributed by atoms with Crippen molar-refractivity contribution in [1.29, 1.82) is 0 Å². The van der Waals surface area contributed by atoms with Crippen molar-refractivity contribution in [2.75, 3.05) is 33.9 Å². The van der Waals surface area contributed by atoms with Gasteiger partial charge < -0.3 is 14.4 Å². The zero-order valence-corrected chi connectivity index (χ0v) is 21.8. The molecular formula is C29H27F4N3O4. The fraction of sp³-hybridized carbons (Fsp3) is 0.276. The van der Waals surface area contributed by atoms with Crippen LogP contribution >= 0.6 is 0 Å². The second-order valence-corrected chi connectivity index (χ2v) is 9.05. The molecule has 0 fully saturated rings. The fourth-order valence-electron chi connectivity index (χ4n) is 4.36. The molecule has 0 aliphatic carbocycles. The number of carbonyl (C=O) groups excluding carboxylic acids is 2. The first-order valence-electron chi connectivity index (χ1n) is 12.4. The minimum absolute atomic E-state index is 0.00697. The molecule has 0 bridgehead atoms. The Balaban J connectivity index is 1.62. The molecule has 0 saturated heterocycles. The third-order valence-corrected chi connectivity index (χ3v) is 6.49. The summed E-state index contributed by atoms with van der Waals surface area (Å²) in [6.45, 7) is -0.331. The van der Waals surface area contributed by atoms with Crippen molar-refractivity contribution in [1.82, 2.24) is 9.91 Å². The summed E-state index contributed by atoms with van der Waals surface area (Å²) in [6, 6.07) is 16.3. The molecule has 0 aromatic heterocycles. The summed E-state index contributed by atoms with van der Waals surface area (Å²) in [7, 11) is 2.95. The highest BCUT2D eigenvalue weighted by Gasteiger charge is 2.35. The third kappa shape index (κ3) is 6.48. The zero-order valence-electron chi connectivity index (χ0n) is 21.8. The molecule has 3 aromatic rings. The maximum atomic E-state index is 14.6. The van der Waals surface area contributed by atoms with Gasteiger partial charge >= 0.3 is 6.18 Å². The fourth-order valence-corrected chi connectivity index (χ4v) is 4.36. The van der Waals surface area contributed by atoms with Crippen molar-refractivity contribution in [2.24, 2.45) is 5.10 Å². The number of hydrogen-bond acceptors (Lipinski definition) is 5. The van der Waals surface area contributed by atoms with Crippen LogP contribution < -0.4 is 4.74 Å². The topological polar surface area (TPSA) is 71.4 Å². The molecule has 4 rings (SSSR count). The molecule has 0 radical (unpaired) electrons. The molecule has 210 valence electrons. The maximum absolute atomic E-state index is 14.6. The summed E-state index contributed by atoms with van der Waals surface area (Å²) in [5.41, 5.74) is 0.443. The molecule has 1 atom stereocenters. The van der Waals surface area contributed by atoms with Gasteiger partial charge in [-0.25, -0.2) is 9.40 Å². The first kappa shape index (κ1) is 28.8. The van der Waals surface area contributed by atoms with Crippen LogP contribution in [-0.4, -0.2) is 61.4 Å². The van der Waals surface area contributed by atoms with Gasteiger partial charge in [-0.15, -0.1) is 0 Å². The van der Waals surface area contributed by atoms with E-state index in [0.717, 1.165) is 29.8 Å². The van der Waals surface area contributed by atoms with E-state index >= 15 is 0 Å². The van der Waals surface area contributed by atoms with E-state index < -0.39 is 42.0 Å². The number of hydrogen-bond donors (Lipinski definition) is 0. The Bertz CT molecular complexity index is 1380. The molecule has 0 N–H and O–H groups in total. The van der Waals surface area contributed by atoms with E-state index in [0.29, 0.717) is 11.5 Å². The van der Waals surface area contributed by atoms with Crippen molar-refractivity contribution in [3.63, 3.8) is 0 Å². The van der Waals surface area contributed by atoms with E-state index in [1.54, 1.807) is 42.5 Å². The highest BCUT2D eigenvalue weighted by Crippen LogP contribution is 2.34. The summed E-state index contributed by atoms with van der Waals surface area (Å²) < 4.78 is 63.9. The van der Waals surface area contributed by atoms with Crippen LogP contribution in [0.4, 0.5) is 17.6 Å². The van der Waals surface area contributed by atoms with Crippen molar-refractivity contribution in [2.45, 2.75) is 18.6 Å². The number of amides is 2. The summed E-state index contributed by atoms with van der Waals surface area (Å²) in [5.74, 6) is -1.06. The number of alkyl halides is 3. The third-order valence-electron chi connectivity index (χ3n) is 6.49. The normalized spacial score (nSPS) is 15.1. The Morgan fingerprint density at radius 3 is 2.27 bits per heavy atom. The average Bonchev–Trinajstić information content (AvgIpc) is 3.40. The zero-order chi connectivity index (χ0) is 28.9. The first-order valence-corrected chi connectivity index (χ1v) is 12.4. The smallest absolute Gasteiger partial charge is 0.416 e. The SMILES string of the molecule is COCCN(CC(=O)N1N=C(c2ccccc2F)C[C@H]1c1ccc(OC)cc1)C(=O)c1ccc(C(F)(F)F)cc1. The Kier molecular flexibility index (Phi) is 8.83. The minimum Gasteiger partial charge on any atom is -0.497 e. The van der Waals surface area contributed by atoms with Crippen molar-refractivity contribution in [3.8, 4) is 5.75 Å². The van der Waals surface area contributed by atoms with Crippen LogP contribution in [0.2, 0.25) is 0 Å². The van der Waals surface area contributed by atoms with Crippen molar-refractivity contribution >= 4 is 17.5 Å². The monoisotopic (exact) mass is 557 g/mol. The number of nitrogens with zero attached hydrogens (tertiary/aromatic N) is 3. The predicted octanol–water partition coefficient (Wildman–Crippen LogP) is 5.32. The van der Waals surface area contributed by atoms with E-state index in [1.165, 1.54) is 30.2 Å². The van der Waals surface area contributed by atoms with Crippen LogP contribution in [0.5, 0.6) is 5.75 Å². The lowest BCUT2D eigenvalue weighted by molar-refractivity contribution is -0.137. The Hall–Kier alpha value is -4.25. The molecule has 1 aliphatic heterocycles. The lowest BCUT2D eigenvalue weighted by atomic mass is 9.98. The van der Waals surface area contributed by atoms with Gasteiger partial charge in [-0.05, 0) is 48.0 Å².